The summed E-state index contributed by atoms with van der Waals surface area (Å²) in [5.41, 5.74) is 2.65. The quantitative estimate of drug-likeness (QED) is 0.828. The number of nitrogens with zero attached hydrogens (tertiary/aromatic N) is 1. The summed E-state index contributed by atoms with van der Waals surface area (Å²) in [6.45, 7) is 6.17. The van der Waals surface area contributed by atoms with Crippen molar-refractivity contribution in [1.29, 1.82) is 0 Å². The lowest BCUT2D eigenvalue weighted by molar-refractivity contribution is -0.123. The standard InChI is InChI=1S/C20H23N3O3S/c1-13(2)18(20(24)21-12-15-10-8-14(3)9-11-15)22-19-16-6-4-5-7-17(16)27(25,26)23-19/h4-11,13,18H,12H2,1-3H3,(H,21,24)(H,22,23)/t18-/m0/s1. The fraction of sp³-hybridized carbons (Fsp3) is 0.300. The second-order valence-electron chi connectivity index (χ2n) is 6.97. The predicted octanol–water partition coefficient (Wildman–Crippen LogP) is 2.37. The van der Waals surface area contributed by atoms with Gasteiger partial charge < -0.3 is 5.32 Å². The lowest BCUT2D eigenvalue weighted by Crippen LogP contribution is -2.38. The fourth-order valence-corrected chi connectivity index (χ4v) is 4.12. The molecule has 142 valence electrons. The normalized spacial score (nSPS) is 17.4. The van der Waals surface area contributed by atoms with Crippen LogP contribution in [0.1, 0.15) is 30.5 Å². The first-order chi connectivity index (χ1) is 12.8. The Labute approximate surface area is 159 Å². The number of sulfonamides is 1. The molecule has 1 heterocycles. The van der Waals surface area contributed by atoms with Crippen LogP contribution in [0.5, 0.6) is 0 Å². The van der Waals surface area contributed by atoms with Crippen molar-refractivity contribution in [1.82, 2.24) is 10.0 Å². The minimum atomic E-state index is -3.62. The van der Waals surface area contributed by atoms with Gasteiger partial charge in [0.2, 0.25) is 5.91 Å². The molecule has 0 aromatic heterocycles. The third kappa shape index (κ3) is 4.19. The molecule has 2 N–H and O–H groups in total. The second kappa shape index (κ2) is 7.52. The van der Waals surface area contributed by atoms with E-state index in [-0.39, 0.29) is 22.6 Å². The van der Waals surface area contributed by atoms with E-state index in [1.54, 1.807) is 18.2 Å². The van der Waals surface area contributed by atoms with Crippen molar-refractivity contribution in [2.45, 2.75) is 38.3 Å². The molecule has 6 nitrogen and oxygen atoms in total. The fourth-order valence-electron chi connectivity index (χ4n) is 2.88. The van der Waals surface area contributed by atoms with Crippen molar-refractivity contribution in [3.63, 3.8) is 0 Å². The molecule has 0 bridgehead atoms. The Kier molecular flexibility index (Phi) is 5.32. The molecule has 0 radical (unpaired) electrons. The first-order valence-electron chi connectivity index (χ1n) is 8.81. The summed E-state index contributed by atoms with van der Waals surface area (Å²) < 4.78 is 26.9. The molecular weight excluding hydrogens is 362 g/mol. The van der Waals surface area contributed by atoms with Crippen molar-refractivity contribution in [3.05, 3.63) is 65.2 Å². The number of amidine groups is 1. The number of hydrogen-bond donors (Lipinski definition) is 2. The molecule has 0 aliphatic carbocycles. The molecule has 1 aliphatic rings. The molecule has 0 saturated carbocycles. The zero-order valence-corrected chi connectivity index (χ0v) is 16.4. The number of rotatable bonds is 5. The summed E-state index contributed by atoms with van der Waals surface area (Å²) in [6, 6.07) is 13.8. The Bertz CT molecular complexity index is 980. The molecule has 0 unspecified atom stereocenters. The van der Waals surface area contributed by atoms with Gasteiger partial charge in [0, 0.05) is 12.1 Å². The largest absolute Gasteiger partial charge is 0.350 e. The van der Waals surface area contributed by atoms with Gasteiger partial charge in [-0.2, -0.15) is 0 Å². The Morgan fingerprint density at radius 2 is 1.78 bits per heavy atom. The summed E-state index contributed by atoms with van der Waals surface area (Å²) in [5.74, 6) is -0.107. The minimum absolute atomic E-state index is 0.0900. The molecule has 1 amide bonds. The summed E-state index contributed by atoms with van der Waals surface area (Å²) in [4.78, 5) is 17.3. The van der Waals surface area contributed by atoms with Crippen LogP contribution < -0.4 is 10.0 Å². The molecule has 1 atom stereocenters. The number of carbonyl (C=O) groups excluding carboxylic acids is 1. The van der Waals surface area contributed by atoms with E-state index in [1.807, 2.05) is 45.0 Å². The smallest absolute Gasteiger partial charge is 0.263 e. The van der Waals surface area contributed by atoms with Crippen LogP contribution in [0.15, 0.2) is 58.4 Å². The minimum Gasteiger partial charge on any atom is -0.350 e. The van der Waals surface area contributed by atoms with E-state index in [0.717, 1.165) is 11.1 Å². The average molecular weight is 385 g/mol. The summed E-state index contributed by atoms with van der Waals surface area (Å²) in [5, 5.41) is 2.90. The molecule has 2 aromatic carbocycles. The van der Waals surface area contributed by atoms with E-state index < -0.39 is 16.1 Å². The molecule has 0 spiro atoms. The van der Waals surface area contributed by atoms with E-state index in [1.165, 1.54) is 6.07 Å². The SMILES string of the molecule is Cc1ccc(CNC(=O)[C@@H](N=C2NS(=O)(=O)c3ccccc32)C(C)C)cc1. The number of hydrogen-bond acceptors (Lipinski definition) is 4. The van der Waals surface area contributed by atoms with Crippen LogP contribution in [0.4, 0.5) is 0 Å². The molecular formula is C20H23N3O3S. The highest BCUT2D eigenvalue weighted by molar-refractivity contribution is 7.90. The van der Waals surface area contributed by atoms with Crippen molar-refractivity contribution < 1.29 is 13.2 Å². The Morgan fingerprint density at radius 3 is 2.44 bits per heavy atom. The van der Waals surface area contributed by atoms with E-state index >= 15 is 0 Å². The van der Waals surface area contributed by atoms with Crippen LogP contribution in [0.25, 0.3) is 0 Å². The van der Waals surface area contributed by atoms with Crippen molar-refractivity contribution >= 4 is 21.8 Å². The van der Waals surface area contributed by atoms with Gasteiger partial charge in [0.15, 0.2) is 0 Å². The number of nitrogens with one attached hydrogen (secondary N) is 2. The number of benzene rings is 2. The summed E-state index contributed by atoms with van der Waals surface area (Å²) in [6.07, 6.45) is 0. The molecule has 1 aliphatic heterocycles. The van der Waals surface area contributed by atoms with Crippen LogP contribution in [0.3, 0.4) is 0 Å². The van der Waals surface area contributed by atoms with Crippen molar-refractivity contribution in [2.24, 2.45) is 10.9 Å². The Hall–Kier alpha value is -2.67. The highest BCUT2D eigenvalue weighted by Crippen LogP contribution is 2.23. The van der Waals surface area contributed by atoms with Crippen LogP contribution in [0, 0.1) is 12.8 Å². The van der Waals surface area contributed by atoms with Gasteiger partial charge >= 0.3 is 0 Å². The highest BCUT2D eigenvalue weighted by Gasteiger charge is 2.32. The van der Waals surface area contributed by atoms with E-state index in [9.17, 15) is 13.2 Å². The number of aliphatic imine (C=N–C) groups is 1. The van der Waals surface area contributed by atoms with Gasteiger partial charge in [0.1, 0.15) is 11.9 Å². The van der Waals surface area contributed by atoms with E-state index in [0.29, 0.717) is 12.1 Å². The third-order valence-corrected chi connectivity index (χ3v) is 5.82. The molecule has 0 fully saturated rings. The first-order valence-corrected chi connectivity index (χ1v) is 10.3. The van der Waals surface area contributed by atoms with Gasteiger partial charge in [-0.25, -0.2) is 8.42 Å². The van der Waals surface area contributed by atoms with Crippen LogP contribution in [-0.2, 0) is 21.4 Å². The third-order valence-electron chi connectivity index (χ3n) is 4.42. The van der Waals surface area contributed by atoms with Gasteiger partial charge in [0.25, 0.3) is 10.0 Å². The number of carbonyl (C=O) groups is 1. The highest BCUT2D eigenvalue weighted by atomic mass is 32.2. The van der Waals surface area contributed by atoms with Gasteiger partial charge in [-0.3, -0.25) is 14.5 Å². The van der Waals surface area contributed by atoms with Crippen LogP contribution >= 0.6 is 0 Å². The first kappa shape index (κ1) is 19.1. The number of aryl methyl sites for hydroxylation is 1. The zero-order valence-electron chi connectivity index (χ0n) is 15.6. The summed E-state index contributed by atoms with van der Waals surface area (Å²) in [7, 11) is -3.62. The maximum absolute atomic E-state index is 12.7. The van der Waals surface area contributed by atoms with Crippen LogP contribution in [-0.4, -0.2) is 26.2 Å². The van der Waals surface area contributed by atoms with Crippen molar-refractivity contribution in [3.8, 4) is 0 Å². The Morgan fingerprint density at radius 1 is 1.11 bits per heavy atom. The molecule has 0 saturated heterocycles. The van der Waals surface area contributed by atoms with Crippen LogP contribution in [0.2, 0.25) is 0 Å². The lowest BCUT2D eigenvalue weighted by Gasteiger charge is -2.17. The summed E-state index contributed by atoms with van der Waals surface area (Å²) >= 11 is 0. The van der Waals surface area contributed by atoms with E-state index in [2.05, 4.69) is 15.0 Å². The van der Waals surface area contributed by atoms with Gasteiger partial charge in [-0.15, -0.1) is 0 Å². The average Bonchev–Trinajstić information content (AvgIpc) is 2.89. The molecule has 27 heavy (non-hydrogen) atoms. The Balaban J connectivity index is 1.81. The number of fused-ring (bicyclic) bond motifs is 1. The molecule has 2 aromatic rings. The van der Waals surface area contributed by atoms with Gasteiger partial charge in [-0.1, -0.05) is 55.8 Å². The van der Waals surface area contributed by atoms with Gasteiger partial charge in [-0.05, 0) is 30.5 Å². The molecule has 3 rings (SSSR count). The lowest BCUT2D eigenvalue weighted by atomic mass is 10.0. The predicted molar refractivity (Wildman–Crippen MR) is 105 cm³/mol. The monoisotopic (exact) mass is 385 g/mol. The van der Waals surface area contributed by atoms with Crippen molar-refractivity contribution in [2.75, 3.05) is 0 Å². The zero-order chi connectivity index (χ0) is 19.6. The topological polar surface area (TPSA) is 87.6 Å². The van der Waals surface area contributed by atoms with E-state index in [4.69, 9.17) is 0 Å². The van der Waals surface area contributed by atoms with Gasteiger partial charge in [0.05, 0.1) is 4.90 Å². The maximum atomic E-state index is 12.7. The molecule has 7 heteroatoms. The number of amides is 1. The maximum Gasteiger partial charge on any atom is 0.263 e. The second-order valence-corrected chi connectivity index (χ2v) is 8.62.